The lowest BCUT2D eigenvalue weighted by Crippen LogP contribution is -2.25. The zero-order chi connectivity index (χ0) is 58.8. The van der Waals surface area contributed by atoms with Gasteiger partial charge in [-0.1, -0.05) is 313 Å². The summed E-state index contributed by atoms with van der Waals surface area (Å²) < 4.78 is 0. The van der Waals surface area contributed by atoms with E-state index in [1.165, 1.54) is 249 Å². The van der Waals surface area contributed by atoms with Crippen molar-refractivity contribution in [3.63, 3.8) is 0 Å². The Balaban J connectivity index is 0.938. The van der Waals surface area contributed by atoms with Crippen LogP contribution in [0.15, 0.2) is 195 Å². The van der Waals surface area contributed by atoms with Gasteiger partial charge in [-0.15, -0.1) is 0 Å². The van der Waals surface area contributed by atoms with E-state index in [-0.39, 0.29) is 10.8 Å². The van der Waals surface area contributed by atoms with Crippen LogP contribution in [0, 0.1) is 0 Å². The van der Waals surface area contributed by atoms with Crippen molar-refractivity contribution >= 4 is 55.2 Å². The Morgan fingerprint density at radius 1 is 0.267 bits per heavy atom. The molecule has 13 rings (SSSR count). The minimum Gasteiger partial charge on any atom is -0.0985 e. The summed E-state index contributed by atoms with van der Waals surface area (Å²) in [6, 6.07) is 71.8. The number of hydrogen-bond acceptors (Lipinski definition) is 0. The monoisotopic (exact) mass is 1120 g/mol. The van der Waals surface area contributed by atoms with Crippen LogP contribution in [-0.4, -0.2) is 0 Å². The van der Waals surface area contributed by atoms with E-state index in [0.29, 0.717) is 0 Å². The van der Waals surface area contributed by atoms with Crippen molar-refractivity contribution in [1.29, 1.82) is 0 Å². The van der Waals surface area contributed by atoms with Gasteiger partial charge in [0.15, 0.2) is 0 Å². The Kier molecular flexibility index (Phi) is 16.6. The molecule has 0 aliphatic heterocycles. The third-order valence-corrected chi connectivity index (χ3v) is 20.8. The Morgan fingerprint density at radius 2 is 0.605 bits per heavy atom. The SMILES string of the molecule is C=Cc1ccc(-c2ccc3c4cccc5c(-c6ccc(C=C)cc6-c6ccc7c(c6)C(CCCCCC)(CCCCCC)c6ccccc6-7)ccc(c6cccc2c63)c54)c(-c2ccc3c(c2)C(CCCCCC)(CCCCCC)c2ccccc2-3)c1. The molecular weight excluding hydrogens is 1030 g/mol. The summed E-state index contributed by atoms with van der Waals surface area (Å²) >= 11 is 0. The van der Waals surface area contributed by atoms with Crippen LogP contribution < -0.4 is 0 Å². The molecule has 0 fully saturated rings. The topological polar surface area (TPSA) is 0 Å². The molecule has 0 heterocycles. The third kappa shape index (κ3) is 9.94. The number of benzene rings is 11. The smallest absolute Gasteiger partial charge is 0.0215 e. The first-order chi connectivity index (χ1) is 42.4. The fourth-order valence-corrected chi connectivity index (χ4v) is 16.5. The maximum absolute atomic E-state index is 4.31. The average Bonchev–Trinajstić information content (AvgIpc) is 1.35. The van der Waals surface area contributed by atoms with E-state index in [9.17, 15) is 0 Å². The van der Waals surface area contributed by atoms with Crippen LogP contribution in [-0.2, 0) is 10.8 Å². The molecule has 0 bridgehead atoms. The van der Waals surface area contributed by atoms with Gasteiger partial charge in [0.05, 0.1) is 0 Å². The summed E-state index contributed by atoms with van der Waals surface area (Å²) in [4.78, 5) is 0. The van der Waals surface area contributed by atoms with Crippen LogP contribution in [0.5, 0.6) is 0 Å². The molecule has 0 atom stereocenters. The van der Waals surface area contributed by atoms with Crippen LogP contribution in [0.3, 0.4) is 0 Å². The molecule has 0 spiro atoms. The van der Waals surface area contributed by atoms with Gasteiger partial charge < -0.3 is 0 Å². The van der Waals surface area contributed by atoms with Crippen molar-refractivity contribution in [3.05, 3.63) is 229 Å². The fourth-order valence-electron chi connectivity index (χ4n) is 16.5. The van der Waals surface area contributed by atoms with Gasteiger partial charge in [0.25, 0.3) is 0 Å². The number of fused-ring (bicyclic) bond motifs is 8. The maximum Gasteiger partial charge on any atom is 0.0215 e. The van der Waals surface area contributed by atoms with Crippen molar-refractivity contribution in [2.45, 2.75) is 167 Å². The van der Waals surface area contributed by atoms with Gasteiger partial charge in [-0.2, -0.15) is 0 Å². The summed E-state index contributed by atoms with van der Waals surface area (Å²) in [5.41, 5.74) is 24.4. The molecule has 0 aromatic heterocycles. The van der Waals surface area contributed by atoms with E-state index < -0.39 is 0 Å². The Hall–Kier alpha value is -7.80. The summed E-state index contributed by atoms with van der Waals surface area (Å²) in [7, 11) is 0. The molecule has 2 aliphatic carbocycles. The van der Waals surface area contributed by atoms with Crippen molar-refractivity contribution < 1.29 is 0 Å². The van der Waals surface area contributed by atoms with E-state index >= 15 is 0 Å². The second-order valence-corrected chi connectivity index (χ2v) is 25.8. The van der Waals surface area contributed by atoms with E-state index in [4.69, 9.17) is 0 Å². The lowest BCUT2D eigenvalue weighted by Gasteiger charge is -2.33. The average molecular weight is 1120 g/mol. The minimum atomic E-state index is 0.00708. The van der Waals surface area contributed by atoms with Gasteiger partial charge in [-0.25, -0.2) is 0 Å². The molecule has 2 aliphatic rings. The Bertz CT molecular complexity index is 3970. The van der Waals surface area contributed by atoms with Crippen LogP contribution >= 0.6 is 0 Å². The van der Waals surface area contributed by atoms with Gasteiger partial charge in [0.2, 0.25) is 0 Å². The molecule has 0 amide bonds. The van der Waals surface area contributed by atoms with Crippen LogP contribution in [0.25, 0.3) is 122 Å². The van der Waals surface area contributed by atoms with Crippen LogP contribution in [0.4, 0.5) is 0 Å². The maximum atomic E-state index is 4.31. The van der Waals surface area contributed by atoms with Crippen LogP contribution in [0.2, 0.25) is 0 Å². The van der Waals surface area contributed by atoms with Crippen molar-refractivity contribution in [1.82, 2.24) is 0 Å². The lowest BCUT2D eigenvalue weighted by atomic mass is 9.70. The molecule has 0 saturated carbocycles. The summed E-state index contributed by atoms with van der Waals surface area (Å²) in [6.45, 7) is 18.0. The first-order valence-corrected chi connectivity index (χ1v) is 33.6. The van der Waals surface area contributed by atoms with Gasteiger partial charge in [-0.05, 0) is 193 Å². The number of hydrogen-bond donors (Lipinski definition) is 0. The van der Waals surface area contributed by atoms with Gasteiger partial charge in [-0.3, -0.25) is 0 Å². The molecule has 11 aromatic rings. The third-order valence-electron chi connectivity index (χ3n) is 20.8. The van der Waals surface area contributed by atoms with E-state index in [0.717, 1.165) is 11.1 Å². The normalized spacial score (nSPS) is 13.6. The summed E-state index contributed by atoms with van der Waals surface area (Å²) in [6.07, 6.45) is 29.2. The van der Waals surface area contributed by atoms with Gasteiger partial charge >= 0.3 is 0 Å². The highest BCUT2D eigenvalue weighted by Crippen LogP contribution is 2.58. The van der Waals surface area contributed by atoms with Gasteiger partial charge in [0.1, 0.15) is 0 Å². The largest absolute Gasteiger partial charge is 0.0985 e. The molecule has 432 valence electrons. The number of rotatable bonds is 26. The molecule has 11 aromatic carbocycles. The number of unbranched alkanes of at least 4 members (excludes halogenated alkanes) is 12. The summed E-state index contributed by atoms with van der Waals surface area (Å²) in [5.74, 6) is 0. The molecule has 0 radical (unpaired) electrons. The lowest BCUT2D eigenvalue weighted by molar-refractivity contribution is 0.401. The molecular formula is C86H88. The zero-order valence-electron chi connectivity index (χ0n) is 52.0. The molecule has 0 heteroatoms. The minimum absolute atomic E-state index is 0.00708. The zero-order valence-corrected chi connectivity index (χ0v) is 52.0. The van der Waals surface area contributed by atoms with Crippen LogP contribution in [0.1, 0.15) is 189 Å². The fraction of sp³-hybridized carbons (Fsp3) is 0.302. The van der Waals surface area contributed by atoms with Gasteiger partial charge in [0, 0.05) is 10.8 Å². The molecule has 0 nitrogen and oxygen atoms in total. The van der Waals surface area contributed by atoms with Crippen molar-refractivity contribution in [3.8, 4) is 66.8 Å². The van der Waals surface area contributed by atoms with E-state index in [1.807, 2.05) is 12.2 Å². The second-order valence-electron chi connectivity index (χ2n) is 25.8. The standard InChI is InChI=1S/C86H88/c1-7-13-17-25-51-85(52-26-18-14-8-2)79-37-23-21-31-67(79)69-45-41-61(57-81(69)85)77-55-59(11-5)39-43-65(77)63-47-49-75-74-36-30-34-72-64(48-50-76(84(72)74)73-35-29-33-71(63)83(73)75)66-44-40-60(12-6)56-78(66)62-42-46-70-68-32-22-24-38-80(68)86(82(70)58-62,53-27-19-15-9-3)54-28-20-16-10-4/h11-12,21-24,29-50,55-58H,5-10,13-20,25-28,51-54H2,1-4H3. The van der Waals surface area contributed by atoms with Crippen molar-refractivity contribution in [2.75, 3.05) is 0 Å². The molecule has 86 heavy (non-hydrogen) atoms. The molecule has 0 unspecified atom stereocenters. The van der Waals surface area contributed by atoms with E-state index in [1.54, 1.807) is 11.1 Å². The molecule has 0 saturated heterocycles. The molecule has 0 N–H and O–H groups in total. The highest BCUT2D eigenvalue weighted by atomic mass is 14.5. The first kappa shape index (κ1) is 57.3. The second kappa shape index (κ2) is 24.9. The predicted molar refractivity (Wildman–Crippen MR) is 377 cm³/mol. The van der Waals surface area contributed by atoms with E-state index in [2.05, 4.69) is 223 Å². The first-order valence-electron chi connectivity index (χ1n) is 33.6. The Labute approximate surface area is 514 Å². The summed E-state index contributed by atoms with van der Waals surface area (Å²) in [5, 5.41) is 10.5. The predicted octanol–water partition coefficient (Wildman–Crippen LogP) is 26.1. The highest BCUT2D eigenvalue weighted by Gasteiger charge is 2.44. The Morgan fingerprint density at radius 3 is 0.988 bits per heavy atom. The quantitative estimate of drug-likeness (QED) is 0.0288. The van der Waals surface area contributed by atoms with Crippen molar-refractivity contribution in [2.24, 2.45) is 0 Å². The highest BCUT2D eigenvalue weighted by molar-refractivity contribution is 6.35.